The first-order valence-electron chi connectivity index (χ1n) is 5.96. The molecule has 0 bridgehead atoms. The van der Waals surface area contributed by atoms with Crippen molar-refractivity contribution < 1.29 is 18.3 Å². The average Bonchev–Trinajstić information content (AvgIpc) is 2.39. The summed E-state index contributed by atoms with van der Waals surface area (Å²) in [6, 6.07) is 7.20. The lowest BCUT2D eigenvalue weighted by atomic mass is 10.1. The van der Waals surface area contributed by atoms with Crippen molar-refractivity contribution >= 4 is 16.0 Å². The molecule has 0 spiro atoms. The smallest absolute Gasteiger partial charge is 0.320 e. The summed E-state index contributed by atoms with van der Waals surface area (Å²) >= 11 is 0. The molecule has 1 rings (SSSR count). The Kier molecular flexibility index (Phi) is 5.94. The molecule has 0 aliphatic heterocycles. The Morgan fingerprint density at radius 3 is 2.47 bits per heavy atom. The molecule has 7 heteroatoms. The van der Waals surface area contributed by atoms with Gasteiger partial charge in [-0.3, -0.25) is 4.79 Å². The Morgan fingerprint density at radius 1 is 1.26 bits per heavy atom. The van der Waals surface area contributed by atoms with Crippen molar-refractivity contribution in [3.63, 3.8) is 0 Å². The number of sulfonamides is 1. The Hall–Kier alpha value is -1.44. The predicted molar refractivity (Wildman–Crippen MR) is 71.1 cm³/mol. The van der Waals surface area contributed by atoms with Crippen LogP contribution >= 0.6 is 0 Å². The van der Waals surface area contributed by atoms with Crippen LogP contribution in [0.5, 0.6) is 0 Å². The summed E-state index contributed by atoms with van der Waals surface area (Å²) in [6.07, 6.45) is 1.44. The monoisotopic (exact) mass is 286 g/mol. The first kappa shape index (κ1) is 15.6. The van der Waals surface area contributed by atoms with E-state index in [2.05, 4.69) is 4.72 Å². The molecular formula is C12H18N2O4S. The second-order valence-electron chi connectivity index (χ2n) is 4.15. The number of carboxylic acid groups (broad SMARTS) is 1. The summed E-state index contributed by atoms with van der Waals surface area (Å²) < 4.78 is 26.1. The molecule has 4 N–H and O–H groups in total. The van der Waals surface area contributed by atoms with Crippen molar-refractivity contribution in [3.05, 3.63) is 30.3 Å². The Labute approximate surface area is 112 Å². The van der Waals surface area contributed by atoms with Crippen LogP contribution in [0.2, 0.25) is 0 Å². The highest BCUT2D eigenvalue weighted by molar-refractivity contribution is 7.89. The predicted octanol–water partition coefficient (Wildman–Crippen LogP) is 0.547. The molecule has 106 valence electrons. The molecule has 0 saturated heterocycles. The lowest BCUT2D eigenvalue weighted by Crippen LogP contribution is -2.30. The van der Waals surface area contributed by atoms with Crippen LogP contribution in [0.4, 0.5) is 0 Å². The van der Waals surface area contributed by atoms with Gasteiger partial charge in [-0.2, -0.15) is 0 Å². The van der Waals surface area contributed by atoms with Crippen molar-refractivity contribution in [2.75, 3.05) is 6.54 Å². The molecule has 1 atom stereocenters. The quantitative estimate of drug-likeness (QED) is 0.604. The minimum absolute atomic E-state index is 0.220. The molecular weight excluding hydrogens is 268 g/mol. The number of aliphatic carboxylic acids is 1. The van der Waals surface area contributed by atoms with Crippen LogP contribution in [0.3, 0.4) is 0 Å². The summed E-state index contributed by atoms with van der Waals surface area (Å²) in [5, 5.41) is 8.58. The van der Waals surface area contributed by atoms with Crippen LogP contribution in [0, 0.1) is 0 Å². The fourth-order valence-corrected chi connectivity index (χ4v) is 2.60. The Morgan fingerprint density at radius 2 is 1.89 bits per heavy atom. The van der Waals surface area contributed by atoms with Gasteiger partial charge in [0.1, 0.15) is 6.04 Å². The van der Waals surface area contributed by atoms with Crippen LogP contribution in [0.1, 0.15) is 19.3 Å². The molecule has 0 aliphatic rings. The molecule has 0 radical (unpaired) electrons. The zero-order chi connectivity index (χ0) is 14.3. The minimum Gasteiger partial charge on any atom is -0.480 e. The number of carbonyl (C=O) groups is 1. The summed E-state index contributed by atoms with van der Waals surface area (Å²) in [5.41, 5.74) is 5.34. The van der Waals surface area contributed by atoms with Crippen molar-refractivity contribution in [2.24, 2.45) is 5.73 Å². The van der Waals surface area contributed by atoms with E-state index in [1.54, 1.807) is 18.2 Å². The van der Waals surface area contributed by atoms with Crippen molar-refractivity contribution in [1.29, 1.82) is 0 Å². The summed E-state index contributed by atoms with van der Waals surface area (Å²) in [6.45, 7) is 0.267. The van der Waals surface area contributed by atoms with E-state index in [4.69, 9.17) is 10.8 Å². The maximum Gasteiger partial charge on any atom is 0.320 e. The molecule has 0 saturated carbocycles. The van der Waals surface area contributed by atoms with E-state index in [-0.39, 0.29) is 11.4 Å². The minimum atomic E-state index is -3.47. The largest absolute Gasteiger partial charge is 0.480 e. The second-order valence-corrected chi connectivity index (χ2v) is 5.92. The summed E-state index contributed by atoms with van der Waals surface area (Å²) in [5.74, 6) is -1.04. The van der Waals surface area contributed by atoms with Gasteiger partial charge in [-0.25, -0.2) is 13.1 Å². The standard InChI is InChI=1S/C12H18N2O4S/c13-11(12(15)16)8-4-5-9-14-19(17,18)10-6-2-1-3-7-10/h1-3,6-7,11,14H,4-5,8-9,13H2,(H,15,16)/t11-/m0/s1. The van der Waals surface area contributed by atoms with Crippen molar-refractivity contribution in [1.82, 2.24) is 4.72 Å². The van der Waals surface area contributed by atoms with Gasteiger partial charge in [-0.1, -0.05) is 24.6 Å². The van der Waals surface area contributed by atoms with E-state index in [0.29, 0.717) is 19.3 Å². The zero-order valence-corrected chi connectivity index (χ0v) is 11.3. The fourth-order valence-electron chi connectivity index (χ4n) is 1.50. The third-order valence-corrected chi connectivity index (χ3v) is 4.08. The van der Waals surface area contributed by atoms with Gasteiger partial charge in [0.2, 0.25) is 10.0 Å². The van der Waals surface area contributed by atoms with E-state index in [1.165, 1.54) is 12.1 Å². The van der Waals surface area contributed by atoms with Crippen LogP contribution in [-0.2, 0) is 14.8 Å². The number of hydrogen-bond acceptors (Lipinski definition) is 4. The van der Waals surface area contributed by atoms with E-state index >= 15 is 0 Å². The topological polar surface area (TPSA) is 109 Å². The maximum atomic E-state index is 11.8. The number of benzene rings is 1. The molecule has 1 aromatic rings. The van der Waals surface area contributed by atoms with Gasteiger partial charge in [-0.05, 0) is 25.0 Å². The SMILES string of the molecule is N[C@@H](CCCCNS(=O)(=O)c1ccccc1)C(=O)O. The van der Waals surface area contributed by atoms with E-state index < -0.39 is 22.0 Å². The zero-order valence-electron chi connectivity index (χ0n) is 10.5. The van der Waals surface area contributed by atoms with Gasteiger partial charge in [-0.15, -0.1) is 0 Å². The molecule has 1 aromatic carbocycles. The van der Waals surface area contributed by atoms with Crippen LogP contribution in [0.25, 0.3) is 0 Å². The molecule has 0 aromatic heterocycles. The second kappa shape index (κ2) is 7.22. The molecule has 0 fully saturated rings. The lowest BCUT2D eigenvalue weighted by Gasteiger charge is -2.08. The van der Waals surface area contributed by atoms with E-state index in [9.17, 15) is 13.2 Å². The first-order valence-corrected chi connectivity index (χ1v) is 7.45. The maximum absolute atomic E-state index is 11.8. The summed E-state index contributed by atoms with van der Waals surface area (Å²) in [4.78, 5) is 10.7. The van der Waals surface area contributed by atoms with Crippen molar-refractivity contribution in [2.45, 2.75) is 30.2 Å². The normalized spacial score (nSPS) is 13.1. The first-order chi connectivity index (χ1) is 8.93. The van der Waals surface area contributed by atoms with Crippen LogP contribution in [0.15, 0.2) is 35.2 Å². The highest BCUT2D eigenvalue weighted by atomic mass is 32.2. The third kappa shape index (κ3) is 5.37. The molecule has 0 amide bonds. The van der Waals surface area contributed by atoms with Crippen LogP contribution < -0.4 is 10.5 Å². The number of nitrogens with two attached hydrogens (primary N) is 1. The number of unbranched alkanes of at least 4 members (excludes halogenated alkanes) is 1. The number of rotatable bonds is 8. The van der Waals surface area contributed by atoms with E-state index in [0.717, 1.165) is 0 Å². The van der Waals surface area contributed by atoms with Gasteiger partial charge in [0.25, 0.3) is 0 Å². The summed E-state index contributed by atoms with van der Waals surface area (Å²) in [7, 11) is -3.47. The van der Waals surface area contributed by atoms with E-state index in [1.807, 2.05) is 0 Å². The highest BCUT2D eigenvalue weighted by Gasteiger charge is 2.13. The highest BCUT2D eigenvalue weighted by Crippen LogP contribution is 2.07. The fraction of sp³-hybridized carbons (Fsp3) is 0.417. The number of nitrogens with one attached hydrogen (secondary N) is 1. The van der Waals surface area contributed by atoms with Gasteiger partial charge < -0.3 is 10.8 Å². The van der Waals surface area contributed by atoms with Crippen molar-refractivity contribution in [3.8, 4) is 0 Å². The Balaban J connectivity index is 2.32. The number of carboxylic acids is 1. The number of hydrogen-bond donors (Lipinski definition) is 3. The van der Waals surface area contributed by atoms with Gasteiger partial charge in [0.15, 0.2) is 0 Å². The molecule has 0 heterocycles. The molecule has 0 unspecified atom stereocenters. The average molecular weight is 286 g/mol. The molecule has 0 aliphatic carbocycles. The third-order valence-electron chi connectivity index (χ3n) is 2.60. The molecule has 19 heavy (non-hydrogen) atoms. The van der Waals surface area contributed by atoms with Gasteiger partial charge in [0.05, 0.1) is 4.90 Å². The van der Waals surface area contributed by atoms with Gasteiger partial charge in [0, 0.05) is 6.54 Å². The van der Waals surface area contributed by atoms with Gasteiger partial charge >= 0.3 is 5.97 Å². The Bertz CT molecular complexity index is 502. The molecule has 6 nitrogen and oxygen atoms in total. The van der Waals surface area contributed by atoms with Crippen LogP contribution in [-0.4, -0.2) is 32.1 Å². The lowest BCUT2D eigenvalue weighted by molar-refractivity contribution is -0.138.